The SMILES string of the molecule is Cc1ccccc1C(=NOCCN1CCC=C(C(=O)O)C1)c1ccc(Cl)cc1C.Cl. The molecule has 1 N–H and O–H groups in total. The minimum absolute atomic E-state index is 0. The molecule has 1 aliphatic rings. The van der Waals surface area contributed by atoms with Crippen molar-refractivity contribution in [3.63, 3.8) is 0 Å². The van der Waals surface area contributed by atoms with Crippen LogP contribution < -0.4 is 0 Å². The normalized spacial score (nSPS) is 14.6. The molecule has 0 spiro atoms. The van der Waals surface area contributed by atoms with Gasteiger partial charge in [0.05, 0.1) is 0 Å². The zero-order chi connectivity index (χ0) is 20.8. The third-order valence-corrected chi connectivity index (χ3v) is 5.24. The van der Waals surface area contributed by atoms with E-state index in [1.807, 2.05) is 56.3 Å². The van der Waals surface area contributed by atoms with Crippen molar-refractivity contribution in [1.29, 1.82) is 0 Å². The van der Waals surface area contributed by atoms with E-state index in [-0.39, 0.29) is 12.4 Å². The van der Waals surface area contributed by atoms with Crippen LogP contribution in [0.25, 0.3) is 0 Å². The molecule has 1 aliphatic heterocycles. The molecule has 0 aliphatic carbocycles. The zero-order valence-electron chi connectivity index (χ0n) is 17.1. The van der Waals surface area contributed by atoms with E-state index in [1.54, 1.807) is 6.08 Å². The summed E-state index contributed by atoms with van der Waals surface area (Å²) in [5.41, 5.74) is 5.32. The smallest absolute Gasteiger partial charge is 0.332 e. The van der Waals surface area contributed by atoms with Gasteiger partial charge < -0.3 is 9.94 Å². The summed E-state index contributed by atoms with van der Waals surface area (Å²) in [5, 5.41) is 14.3. The molecule has 2 aromatic carbocycles. The van der Waals surface area contributed by atoms with Crippen LogP contribution in [0, 0.1) is 13.8 Å². The van der Waals surface area contributed by atoms with Gasteiger partial charge in [0.25, 0.3) is 0 Å². The van der Waals surface area contributed by atoms with Crippen molar-refractivity contribution in [1.82, 2.24) is 4.90 Å². The molecule has 30 heavy (non-hydrogen) atoms. The summed E-state index contributed by atoms with van der Waals surface area (Å²) in [5.74, 6) is -0.853. The number of carboxylic acids is 1. The van der Waals surface area contributed by atoms with Crippen LogP contribution in [-0.2, 0) is 9.63 Å². The Morgan fingerprint density at radius 1 is 1.17 bits per heavy atom. The summed E-state index contributed by atoms with van der Waals surface area (Å²) >= 11 is 6.12. The molecule has 0 aromatic heterocycles. The summed E-state index contributed by atoms with van der Waals surface area (Å²) in [6.45, 7) is 6.31. The Bertz CT molecular complexity index is 957. The van der Waals surface area contributed by atoms with Crippen molar-refractivity contribution in [2.24, 2.45) is 5.16 Å². The Labute approximate surface area is 188 Å². The lowest BCUT2D eigenvalue weighted by atomic mass is 9.95. The van der Waals surface area contributed by atoms with Crippen molar-refractivity contribution >= 4 is 35.7 Å². The van der Waals surface area contributed by atoms with Crippen molar-refractivity contribution in [3.8, 4) is 0 Å². The second-order valence-electron chi connectivity index (χ2n) is 7.15. The van der Waals surface area contributed by atoms with Gasteiger partial charge in [-0.2, -0.15) is 0 Å². The van der Waals surface area contributed by atoms with Crippen LogP contribution >= 0.6 is 24.0 Å². The molecule has 3 rings (SSSR count). The number of rotatable bonds is 7. The Kier molecular flexibility index (Phi) is 8.90. The van der Waals surface area contributed by atoms with Gasteiger partial charge in [0.15, 0.2) is 0 Å². The fraction of sp³-hybridized carbons (Fsp3) is 0.304. The molecule has 0 radical (unpaired) electrons. The Morgan fingerprint density at radius 2 is 1.90 bits per heavy atom. The maximum Gasteiger partial charge on any atom is 0.332 e. The monoisotopic (exact) mass is 448 g/mol. The van der Waals surface area contributed by atoms with E-state index in [4.69, 9.17) is 21.5 Å². The molecule has 0 bridgehead atoms. The molecular formula is C23H26Cl2N2O3. The first-order valence-electron chi connectivity index (χ1n) is 9.63. The van der Waals surface area contributed by atoms with Crippen LogP contribution in [0.3, 0.4) is 0 Å². The predicted octanol–water partition coefficient (Wildman–Crippen LogP) is 4.86. The van der Waals surface area contributed by atoms with Crippen molar-refractivity contribution < 1.29 is 14.7 Å². The largest absolute Gasteiger partial charge is 0.478 e. The highest BCUT2D eigenvalue weighted by atomic mass is 35.5. The second kappa shape index (κ2) is 11.2. The summed E-state index contributed by atoms with van der Waals surface area (Å²) < 4.78 is 0. The van der Waals surface area contributed by atoms with E-state index >= 15 is 0 Å². The van der Waals surface area contributed by atoms with Gasteiger partial charge in [-0.3, -0.25) is 4.90 Å². The molecule has 0 atom stereocenters. The highest BCUT2D eigenvalue weighted by Gasteiger charge is 2.17. The molecule has 0 unspecified atom stereocenters. The standard InChI is InChI=1S/C23H25ClN2O3.ClH/c1-16-6-3-4-8-20(16)22(21-10-9-19(24)14-17(21)2)25-29-13-12-26-11-5-7-18(15-26)23(27)28;/h3-4,6-10,14H,5,11-13,15H2,1-2H3,(H,27,28);1H. The quantitative estimate of drug-likeness (QED) is 0.373. The summed E-state index contributed by atoms with van der Waals surface area (Å²) in [7, 11) is 0. The summed E-state index contributed by atoms with van der Waals surface area (Å²) in [4.78, 5) is 18.9. The topological polar surface area (TPSA) is 62.1 Å². The maximum absolute atomic E-state index is 11.2. The molecule has 0 fully saturated rings. The molecule has 0 amide bonds. The van der Waals surface area contributed by atoms with E-state index in [1.165, 1.54) is 0 Å². The van der Waals surface area contributed by atoms with E-state index in [9.17, 15) is 4.79 Å². The van der Waals surface area contributed by atoms with E-state index in [2.05, 4.69) is 10.1 Å². The highest BCUT2D eigenvalue weighted by Crippen LogP contribution is 2.21. The number of carbonyl (C=O) groups is 1. The van der Waals surface area contributed by atoms with Gasteiger partial charge in [-0.05, 0) is 43.5 Å². The van der Waals surface area contributed by atoms with Crippen LogP contribution in [0.5, 0.6) is 0 Å². The van der Waals surface area contributed by atoms with Crippen LogP contribution in [0.15, 0.2) is 59.3 Å². The van der Waals surface area contributed by atoms with Crippen LogP contribution in [-0.4, -0.2) is 47.9 Å². The highest BCUT2D eigenvalue weighted by molar-refractivity contribution is 6.31. The van der Waals surface area contributed by atoms with Gasteiger partial charge in [-0.25, -0.2) is 4.79 Å². The van der Waals surface area contributed by atoms with Gasteiger partial charge in [0.2, 0.25) is 0 Å². The molecule has 7 heteroatoms. The fourth-order valence-corrected chi connectivity index (χ4v) is 3.63. The van der Waals surface area contributed by atoms with Crippen molar-refractivity contribution in [3.05, 3.63) is 81.4 Å². The van der Waals surface area contributed by atoms with Gasteiger partial charge in [-0.1, -0.05) is 53.2 Å². The number of hydrogen-bond acceptors (Lipinski definition) is 4. The minimum Gasteiger partial charge on any atom is -0.478 e. The average molecular weight is 449 g/mol. The second-order valence-corrected chi connectivity index (χ2v) is 7.58. The number of hydrogen-bond donors (Lipinski definition) is 1. The van der Waals surface area contributed by atoms with Crippen LogP contribution in [0.4, 0.5) is 0 Å². The van der Waals surface area contributed by atoms with Crippen molar-refractivity contribution in [2.45, 2.75) is 20.3 Å². The summed E-state index contributed by atoms with van der Waals surface area (Å²) in [6.07, 6.45) is 2.53. The number of aryl methyl sites for hydroxylation is 2. The predicted molar refractivity (Wildman–Crippen MR) is 123 cm³/mol. The molecule has 160 valence electrons. The van der Waals surface area contributed by atoms with Gasteiger partial charge in [0.1, 0.15) is 12.3 Å². The first kappa shape index (κ1) is 23.9. The molecular weight excluding hydrogens is 423 g/mol. The molecule has 0 saturated heterocycles. The molecule has 2 aromatic rings. The zero-order valence-corrected chi connectivity index (χ0v) is 18.7. The first-order valence-corrected chi connectivity index (χ1v) is 10.0. The third-order valence-electron chi connectivity index (χ3n) is 5.00. The number of benzene rings is 2. The average Bonchev–Trinajstić information content (AvgIpc) is 2.70. The molecule has 5 nitrogen and oxygen atoms in total. The Morgan fingerprint density at radius 3 is 2.60 bits per heavy atom. The van der Waals surface area contributed by atoms with Crippen molar-refractivity contribution in [2.75, 3.05) is 26.2 Å². The number of nitrogens with zero attached hydrogens (tertiary/aromatic N) is 2. The molecule has 1 heterocycles. The number of halogens is 2. The third kappa shape index (κ3) is 6.08. The number of carboxylic acid groups (broad SMARTS) is 1. The van der Waals surface area contributed by atoms with E-state index in [0.29, 0.717) is 30.3 Å². The Balaban J connectivity index is 0.00000320. The molecule has 0 saturated carbocycles. The number of oxime groups is 1. The van der Waals surface area contributed by atoms with Gasteiger partial charge >= 0.3 is 5.97 Å². The fourth-order valence-electron chi connectivity index (χ4n) is 3.41. The summed E-state index contributed by atoms with van der Waals surface area (Å²) in [6, 6.07) is 13.8. The first-order chi connectivity index (χ1) is 14.0. The minimum atomic E-state index is -0.853. The van der Waals surface area contributed by atoms with E-state index in [0.717, 1.165) is 40.9 Å². The maximum atomic E-state index is 11.2. The lowest BCUT2D eigenvalue weighted by Crippen LogP contribution is -2.34. The van der Waals surface area contributed by atoms with Gasteiger partial charge in [0, 0.05) is 41.4 Å². The Hall–Kier alpha value is -2.34. The lowest BCUT2D eigenvalue weighted by molar-refractivity contribution is -0.133. The van der Waals surface area contributed by atoms with Crippen LogP contribution in [0.2, 0.25) is 5.02 Å². The van der Waals surface area contributed by atoms with E-state index < -0.39 is 5.97 Å². The van der Waals surface area contributed by atoms with Crippen LogP contribution in [0.1, 0.15) is 28.7 Å². The van der Waals surface area contributed by atoms with Gasteiger partial charge in [-0.15, -0.1) is 12.4 Å². The lowest BCUT2D eigenvalue weighted by Gasteiger charge is -2.25. The number of aliphatic carboxylic acids is 1.